The van der Waals surface area contributed by atoms with Crippen molar-refractivity contribution in [1.29, 1.82) is 0 Å². The van der Waals surface area contributed by atoms with Crippen molar-refractivity contribution in [2.75, 3.05) is 19.7 Å². The molecule has 1 saturated heterocycles. The highest BCUT2D eigenvalue weighted by molar-refractivity contribution is 5.94. The van der Waals surface area contributed by atoms with Crippen LogP contribution < -0.4 is 10.5 Å². The van der Waals surface area contributed by atoms with Gasteiger partial charge in [0, 0.05) is 24.8 Å². The number of nitrogens with zero attached hydrogens (tertiary/aromatic N) is 2. The van der Waals surface area contributed by atoms with Gasteiger partial charge in [-0.2, -0.15) is 8.78 Å². The lowest BCUT2D eigenvalue weighted by Crippen LogP contribution is -2.34. The fraction of sp³-hybridized carbons (Fsp3) is 0.600. The highest BCUT2D eigenvalue weighted by Crippen LogP contribution is 2.25. The molecule has 1 fully saturated rings. The lowest BCUT2D eigenvalue weighted by molar-refractivity contribution is -0.148. The predicted molar refractivity (Wildman–Crippen MR) is 85.6 cm³/mol. The van der Waals surface area contributed by atoms with Gasteiger partial charge in [-0.3, -0.25) is 4.79 Å². The lowest BCUT2D eigenvalue weighted by Gasteiger charge is -2.21. The minimum atomic E-state index is -4.25. The van der Waals surface area contributed by atoms with Crippen LogP contribution in [0.4, 0.5) is 17.6 Å². The second-order valence-corrected chi connectivity index (χ2v) is 5.88. The Kier molecular flexibility index (Phi) is 7.43. The number of amides is 1. The molecule has 2 unspecified atom stereocenters. The van der Waals surface area contributed by atoms with Crippen LogP contribution in [0, 0.1) is 5.92 Å². The van der Waals surface area contributed by atoms with Crippen LogP contribution in [-0.4, -0.2) is 53.9 Å². The number of hydrogen-bond acceptors (Lipinski definition) is 4. The van der Waals surface area contributed by atoms with Gasteiger partial charge in [-0.25, -0.2) is 13.8 Å². The molecule has 142 valence electrons. The zero-order valence-corrected chi connectivity index (χ0v) is 14.3. The Morgan fingerprint density at radius 2 is 2.16 bits per heavy atom. The molecule has 2 N–H and O–H groups in total. The first-order chi connectivity index (χ1) is 11.2. The van der Waals surface area contributed by atoms with E-state index in [4.69, 9.17) is 5.73 Å². The van der Waals surface area contributed by atoms with Gasteiger partial charge in [-0.15, -0.1) is 12.4 Å². The molecule has 1 aromatic rings. The molecule has 10 heteroatoms. The fourth-order valence-electron chi connectivity index (χ4n) is 2.59. The summed E-state index contributed by atoms with van der Waals surface area (Å²) in [6.45, 7) is 1.49. The number of alkyl halides is 4. The molecule has 2 rings (SSSR count). The molecule has 0 saturated carbocycles. The fourth-order valence-corrected chi connectivity index (χ4v) is 2.59. The van der Waals surface area contributed by atoms with Crippen LogP contribution in [0.2, 0.25) is 0 Å². The second-order valence-electron chi connectivity index (χ2n) is 5.88. The van der Waals surface area contributed by atoms with E-state index >= 15 is 0 Å². The van der Waals surface area contributed by atoms with Gasteiger partial charge in [0.25, 0.3) is 5.91 Å². The number of pyridine rings is 1. The van der Waals surface area contributed by atoms with Crippen molar-refractivity contribution < 1.29 is 27.1 Å². The van der Waals surface area contributed by atoms with E-state index in [0.717, 1.165) is 6.42 Å². The van der Waals surface area contributed by atoms with Crippen molar-refractivity contribution in [2.24, 2.45) is 11.7 Å². The highest BCUT2D eigenvalue weighted by atomic mass is 35.5. The Labute approximate surface area is 148 Å². The van der Waals surface area contributed by atoms with Crippen LogP contribution in [0.1, 0.15) is 23.7 Å². The van der Waals surface area contributed by atoms with Gasteiger partial charge in [0.1, 0.15) is 0 Å². The quantitative estimate of drug-likeness (QED) is 0.764. The summed E-state index contributed by atoms with van der Waals surface area (Å²) in [5, 5.41) is 0. The number of rotatable bonds is 6. The molecule has 0 aliphatic carbocycles. The molecule has 25 heavy (non-hydrogen) atoms. The van der Waals surface area contributed by atoms with Crippen LogP contribution in [0.5, 0.6) is 5.88 Å². The molecule has 1 aliphatic heterocycles. The van der Waals surface area contributed by atoms with Crippen molar-refractivity contribution in [2.45, 2.75) is 31.7 Å². The summed E-state index contributed by atoms with van der Waals surface area (Å²) >= 11 is 0. The summed E-state index contributed by atoms with van der Waals surface area (Å²) < 4.78 is 54.2. The summed E-state index contributed by atoms with van der Waals surface area (Å²) in [5.74, 6) is -4.49. The Hall–Kier alpha value is -1.61. The SMILES string of the molecule is CC1CC(CN)CN1C(=O)c1ccc(OCC(F)(F)C(F)F)nc1.Cl. The van der Waals surface area contributed by atoms with Crippen LogP contribution in [0.15, 0.2) is 18.3 Å². The first-order valence-electron chi connectivity index (χ1n) is 7.50. The highest BCUT2D eigenvalue weighted by Gasteiger charge is 2.41. The first-order valence-corrected chi connectivity index (χ1v) is 7.50. The average Bonchev–Trinajstić information content (AvgIpc) is 2.93. The van der Waals surface area contributed by atoms with E-state index in [9.17, 15) is 22.4 Å². The maximum atomic E-state index is 12.8. The topological polar surface area (TPSA) is 68.5 Å². The van der Waals surface area contributed by atoms with Gasteiger partial charge < -0.3 is 15.4 Å². The second kappa shape index (κ2) is 8.66. The van der Waals surface area contributed by atoms with E-state index in [0.29, 0.717) is 13.1 Å². The zero-order valence-electron chi connectivity index (χ0n) is 13.5. The van der Waals surface area contributed by atoms with Crippen LogP contribution >= 0.6 is 12.4 Å². The standard InChI is InChI=1S/C15H19F4N3O2.ClH/c1-9-4-10(5-20)7-22(9)13(23)11-2-3-12(21-6-11)24-8-15(18,19)14(16)17;/h2-3,6,9-10,14H,4-5,7-8,20H2,1H3;1H. The molecule has 2 atom stereocenters. The number of aromatic nitrogens is 1. The number of likely N-dealkylation sites (tertiary alicyclic amines) is 1. The summed E-state index contributed by atoms with van der Waals surface area (Å²) in [7, 11) is 0. The molecule has 0 spiro atoms. The first kappa shape index (κ1) is 21.4. The molecule has 1 amide bonds. The van der Waals surface area contributed by atoms with Gasteiger partial charge in [-0.1, -0.05) is 0 Å². The lowest BCUT2D eigenvalue weighted by atomic mass is 10.1. The van der Waals surface area contributed by atoms with E-state index < -0.39 is 19.0 Å². The molecule has 0 aromatic carbocycles. The van der Waals surface area contributed by atoms with Crippen LogP contribution in [0.25, 0.3) is 0 Å². The van der Waals surface area contributed by atoms with E-state index in [-0.39, 0.29) is 41.7 Å². The van der Waals surface area contributed by atoms with Gasteiger partial charge in [0.15, 0.2) is 6.61 Å². The smallest absolute Gasteiger partial charge is 0.340 e. The number of ether oxygens (including phenoxy) is 1. The monoisotopic (exact) mass is 385 g/mol. The number of carbonyl (C=O) groups is 1. The van der Waals surface area contributed by atoms with Crippen LogP contribution in [0.3, 0.4) is 0 Å². The third-order valence-electron chi connectivity index (χ3n) is 3.97. The van der Waals surface area contributed by atoms with E-state index in [1.54, 1.807) is 4.90 Å². The number of hydrogen-bond donors (Lipinski definition) is 1. The van der Waals surface area contributed by atoms with E-state index in [1.165, 1.54) is 18.3 Å². The number of nitrogens with two attached hydrogens (primary N) is 1. The maximum absolute atomic E-state index is 12.8. The van der Waals surface area contributed by atoms with Crippen LogP contribution in [-0.2, 0) is 0 Å². The van der Waals surface area contributed by atoms with Crippen molar-refractivity contribution >= 4 is 18.3 Å². The third-order valence-corrected chi connectivity index (χ3v) is 3.97. The average molecular weight is 386 g/mol. The van der Waals surface area contributed by atoms with E-state index in [1.807, 2.05) is 6.92 Å². The molecular weight excluding hydrogens is 366 g/mol. The zero-order chi connectivity index (χ0) is 17.9. The number of carbonyl (C=O) groups excluding carboxylic acids is 1. The summed E-state index contributed by atoms with van der Waals surface area (Å²) in [4.78, 5) is 17.8. The molecule has 2 heterocycles. The summed E-state index contributed by atoms with van der Waals surface area (Å²) in [6, 6.07) is 2.62. The largest absolute Gasteiger partial charge is 0.471 e. The van der Waals surface area contributed by atoms with Gasteiger partial charge >= 0.3 is 12.3 Å². The van der Waals surface area contributed by atoms with Crippen molar-refractivity contribution in [3.8, 4) is 5.88 Å². The Balaban J connectivity index is 0.00000312. The molecule has 1 aromatic heterocycles. The van der Waals surface area contributed by atoms with Crippen molar-refractivity contribution in [3.63, 3.8) is 0 Å². The number of halogens is 5. The predicted octanol–water partition coefficient (Wildman–Crippen LogP) is 2.59. The van der Waals surface area contributed by atoms with E-state index in [2.05, 4.69) is 9.72 Å². The van der Waals surface area contributed by atoms with Gasteiger partial charge in [0.2, 0.25) is 5.88 Å². The molecule has 5 nitrogen and oxygen atoms in total. The van der Waals surface area contributed by atoms with Crippen molar-refractivity contribution in [1.82, 2.24) is 9.88 Å². The molecule has 0 radical (unpaired) electrons. The maximum Gasteiger partial charge on any atom is 0.340 e. The summed E-state index contributed by atoms with van der Waals surface area (Å²) in [5.41, 5.74) is 5.90. The van der Waals surface area contributed by atoms with Gasteiger partial charge in [0.05, 0.1) is 5.56 Å². The molecular formula is C15H20ClF4N3O2. The molecule has 0 bridgehead atoms. The Morgan fingerprint density at radius 1 is 1.48 bits per heavy atom. The van der Waals surface area contributed by atoms with Crippen molar-refractivity contribution in [3.05, 3.63) is 23.9 Å². The minimum Gasteiger partial charge on any atom is -0.471 e. The summed E-state index contributed by atoms with van der Waals surface area (Å²) in [6.07, 6.45) is -1.81. The normalized spacial score (nSPS) is 20.5. The third kappa shape index (κ3) is 5.18. The van der Waals surface area contributed by atoms with Gasteiger partial charge in [-0.05, 0) is 31.9 Å². The Bertz CT molecular complexity index is 574. The Morgan fingerprint density at radius 3 is 2.64 bits per heavy atom. The molecule has 1 aliphatic rings. The minimum absolute atomic E-state index is 0.